The van der Waals surface area contributed by atoms with Gasteiger partial charge in [0.05, 0.1) is 7.11 Å². The molecule has 27 heavy (non-hydrogen) atoms. The summed E-state index contributed by atoms with van der Waals surface area (Å²) in [4.78, 5) is 22.6. The van der Waals surface area contributed by atoms with Crippen LogP contribution in [0.2, 0.25) is 0 Å². The number of ether oxygens (including phenoxy) is 2. The summed E-state index contributed by atoms with van der Waals surface area (Å²) in [7, 11) is 1.60. The van der Waals surface area contributed by atoms with E-state index in [4.69, 9.17) is 15.2 Å². The Morgan fingerprint density at radius 1 is 1.19 bits per heavy atom. The van der Waals surface area contributed by atoms with Gasteiger partial charge in [-0.15, -0.1) is 0 Å². The summed E-state index contributed by atoms with van der Waals surface area (Å²) in [6, 6.07) is 5.67. The summed E-state index contributed by atoms with van der Waals surface area (Å²) < 4.78 is 11.4. The van der Waals surface area contributed by atoms with Crippen LogP contribution < -0.4 is 20.1 Å². The molecule has 7 nitrogen and oxygen atoms in total. The van der Waals surface area contributed by atoms with E-state index in [9.17, 15) is 4.79 Å². The fraction of sp³-hybridized carbons (Fsp3) is 0.450. The monoisotopic (exact) mass is 370 g/mol. The van der Waals surface area contributed by atoms with E-state index in [0.717, 1.165) is 31.5 Å². The Hall–Kier alpha value is -2.83. The van der Waals surface area contributed by atoms with Gasteiger partial charge in [-0.25, -0.2) is 4.98 Å². The second-order valence-electron chi connectivity index (χ2n) is 6.94. The van der Waals surface area contributed by atoms with E-state index in [1.165, 1.54) is 0 Å². The van der Waals surface area contributed by atoms with Gasteiger partial charge in [-0.2, -0.15) is 4.98 Å². The van der Waals surface area contributed by atoms with Crippen molar-refractivity contribution in [3.8, 4) is 17.4 Å². The van der Waals surface area contributed by atoms with Crippen LogP contribution in [0.25, 0.3) is 0 Å². The second kappa shape index (κ2) is 7.82. The molecular formula is C20H26N4O3. The highest BCUT2D eigenvalue weighted by Gasteiger charge is 2.26. The molecule has 2 aromatic rings. The zero-order valence-electron chi connectivity index (χ0n) is 16.3. The average Bonchev–Trinajstić information content (AvgIpc) is 2.65. The van der Waals surface area contributed by atoms with Crippen LogP contribution in [0.4, 0.5) is 11.5 Å². The fourth-order valence-electron chi connectivity index (χ4n) is 3.32. The summed E-state index contributed by atoms with van der Waals surface area (Å²) in [6.07, 6.45) is 1.61. The van der Waals surface area contributed by atoms with Crippen molar-refractivity contribution in [2.24, 2.45) is 5.92 Å². The van der Waals surface area contributed by atoms with Crippen LogP contribution in [-0.2, 0) is 4.79 Å². The van der Waals surface area contributed by atoms with Crippen LogP contribution in [0.3, 0.4) is 0 Å². The van der Waals surface area contributed by atoms with Crippen LogP contribution in [0.1, 0.15) is 31.2 Å². The minimum atomic E-state index is 0.123. The van der Waals surface area contributed by atoms with Crippen molar-refractivity contribution in [2.45, 2.75) is 33.6 Å². The molecule has 1 saturated heterocycles. The van der Waals surface area contributed by atoms with Crippen LogP contribution in [-0.4, -0.2) is 36.0 Å². The normalized spacial score (nSPS) is 14.9. The Kier molecular flexibility index (Phi) is 5.48. The lowest BCUT2D eigenvalue weighted by Gasteiger charge is -2.32. The molecule has 2 N–H and O–H groups in total. The highest BCUT2D eigenvalue weighted by molar-refractivity contribution is 5.79. The SMILES string of the molecule is COc1cc(C)ccc1Oc1nc(C)nc(N2CCC(C(C)=O)CC2)c1N. The zero-order chi connectivity index (χ0) is 19.6. The number of aromatic nitrogens is 2. The smallest absolute Gasteiger partial charge is 0.248 e. The maximum absolute atomic E-state index is 11.6. The van der Waals surface area contributed by atoms with Gasteiger partial charge >= 0.3 is 0 Å². The number of hydrogen-bond donors (Lipinski definition) is 1. The molecule has 1 aromatic heterocycles. The first-order chi connectivity index (χ1) is 12.9. The van der Waals surface area contributed by atoms with Gasteiger partial charge in [-0.05, 0) is 51.3 Å². The molecule has 0 bridgehead atoms. The third-order valence-corrected chi connectivity index (χ3v) is 4.90. The maximum Gasteiger partial charge on any atom is 0.248 e. The summed E-state index contributed by atoms with van der Waals surface area (Å²) in [5, 5.41) is 0. The van der Waals surface area contributed by atoms with Crippen LogP contribution in [0.15, 0.2) is 18.2 Å². The average molecular weight is 370 g/mol. The molecule has 0 saturated carbocycles. The van der Waals surface area contributed by atoms with E-state index >= 15 is 0 Å². The van der Waals surface area contributed by atoms with Gasteiger partial charge in [0.15, 0.2) is 17.3 Å². The lowest BCUT2D eigenvalue weighted by atomic mass is 9.93. The highest BCUT2D eigenvalue weighted by Crippen LogP contribution is 2.37. The van der Waals surface area contributed by atoms with Crippen molar-refractivity contribution >= 4 is 17.3 Å². The van der Waals surface area contributed by atoms with Crippen molar-refractivity contribution in [3.05, 3.63) is 29.6 Å². The third kappa shape index (κ3) is 4.13. The number of anilines is 2. The number of benzene rings is 1. The molecule has 0 spiro atoms. The third-order valence-electron chi connectivity index (χ3n) is 4.90. The summed E-state index contributed by atoms with van der Waals surface area (Å²) in [5.41, 5.74) is 7.81. The standard InChI is InChI=1S/C20H26N4O3/c1-12-5-6-16(17(11-12)26-4)27-20-18(21)19(22-14(3)23-20)24-9-7-15(8-10-24)13(2)25/h5-6,11,15H,7-10,21H2,1-4H3. The van der Waals surface area contributed by atoms with Crippen molar-refractivity contribution in [3.63, 3.8) is 0 Å². The lowest BCUT2D eigenvalue weighted by molar-refractivity contribution is -0.121. The number of Topliss-reactive ketones (excluding diaryl/α,β-unsaturated/α-hetero) is 1. The molecule has 0 atom stereocenters. The van der Waals surface area contributed by atoms with E-state index in [0.29, 0.717) is 34.7 Å². The van der Waals surface area contributed by atoms with E-state index in [-0.39, 0.29) is 11.7 Å². The minimum absolute atomic E-state index is 0.123. The van der Waals surface area contributed by atoms with Crippen LogP contribution in [0, 0.1) is 19.8 Å². The number of hydrogen-bond acceptors (Lipinski definition) is 7. The number of ketones is 1. The lowest BCUT2D eigenvalue weighted by Crippen LogP contribution is -2.37. The van der Waals surface area contributed by atoms with Gasteiger partial charge in [-0.1, -0.05) is 6.07 Å². The Bertz CT molecular complexity index is 845. The Morgan fingerprint density at radius 2 is 1.89 bits per heavy atom. The molecule has 3 rings (SSSR count). The number of nitrogens with zero attached hydrogens (tertiary/aromatic N) is 3. The number of piperidine rings is 1. The topological polar surface area (TPSA) is 90.6 Å². The molecule has 2 heterocycles. The first-order valence-corrected chi connectivity index (χ1v) is 9.11. The van der Waals surface area contributed by atoms with Gasteiger partial charge in [0.25, 0.3) is 0 Å². The van der Waals surface area contributed by atoms with Crippen molar-refractivity contribution < 1.29 is 14.3 Å². The van der Waals surface area contributed by atoms with Crippen LogP contribution in [0.5, 0.6) is 17.4 Å². The van der Waals surface area contributed by atoms with Crippen molar-refractivity contribution in [1.82, 2.24) is 9.97 Å². The van der Waals surface area contributed by atoms with E-state index in [1.54, 1.807) is 14.0 Å². The second-order valence-corrected chi connectivity index (χ2v) is 6.94. The van der Waals surface area contributed by atoms with E-state index < -0.39 is 0 Å². The maximum atomic E-state index is 11.6. The predicted molar refractivity (Wildman–Crippen MR) is 105 cm³/mol. The molecule has 0 aliphatic carbocycles. The molecular weight excluding hydrogens is 344 g/mol. The molecule has 0 unspecified atom stereocenters. The molecule has 0 radical (unpaired) electrons. The molecule has 1 aromatic carbocycles. The van der Waals surface area contributed by atoms with Crippen molar-refractivity contribution in [1.29, 1.82) is 0 Å². The Morgan fingerprint density at radius 3 is 2.52 bits per heavy atom. The summed E-state index contributed by atoms with van der Waals surface area (Å²) in [5.74, 6) is 3.09. The van der Waals surface area contributed by atoms with Gasteiger partial charge in [0, 0.05) is 19.0 Å². The number of carbonyl (C=O) groups excluding carboxylic acids is 1. The predicted octanol–water partition coefficient (Wildman–Crippen LogP) is 3.28. The number of aryl methyl sites for hydroxylation is 2. The zero-order valence-corrected chi connectivity index (χ0v) is 16.3. The Balaban J connectivity index is 1.87. The fourth-order valence-corrected chi connectivity index (χ4v) is 3.32. The van der Waals surface area contributed by atoms with E-state index in [2.05, 4.69) is 14.9 Å². The molecule has 7 heteroatoms. The van der Waals surface area contributed by atoms with Gasteiger partial charge in [-0.3, -0.25) is 4.79 Å². The van der Waals surface area contributed by atoms with Crippen molar-refractivity contribution in [2.75, 3.05) is 30.8 Å². The summed E-state index contributed by atoms with van der Waals surface area (Å²) >= 11 is 0. The summed E-state index contributed by atoms with van der Waals surface area (Å²) in [6.45, 7) is 6.92. The van der Waals surface area contributed by atoms with Gasteiger partial charge in [0.1, 0.15) is 17.3 Å². The molecule has 1 aliphatic heterocycles. The number of carbonyl (C=O) groups is 1. The quantitative estimate of drug-likeness (QED) is 0.863. The Labute approximate surface area is 159 Å². The molecule has 144 valence electrons. The number of methoxy groups -OCH3 is 1. The first-order valence-electron chi connectivity index (χ1n) is 9.11. The number of nitrogens with two attached hydrogens (primary N) is 1. The number of nitrogen functional groups attached to an aromatic ring is 1. The largest absolute Gasteiger partial charge is 0.493 e. The number of rotatable bonds is 5. The van der Waals surface area contributed by atoms with Gasteiger partial charge < -0.3 is 20.1 Å². The highest BCUT2D eigenvalue weighted by atomic mass is 16.5. The molecule has 1 aliphatic rings. The molecule has 0 amide bonds. The molecule has 1 fully saturated rings. The first kappa shape index (κ1) is 18.9. The van der Waals surface area contributed by atoms with E-state index in [1.807, 2.05) is 32.0 Å². The van der Waals surface area contributed by atoms with Crippen LogP contribution >= 0.6 is 0 Å². The van der Waals surface area contributed by atoms with Gasteiger partial charge in [0.2, 0.25) is 5.88 Å². The minimum Gasteiger partial charge on any atom is -0.493 e.